The molecule has 0 saturated heterocycles. The minimum absolute atomic E-state index is 0.0295. The van der Waals surface area contributed by atoms with Crippen LogP contribution in [-0.4, -0.2) is 42.9 Å². The molecule has 3 heterocycles. The Balaban J connectivity index is 1.92. The second-order valence-electron chi connectivity index (χ2n) is 4.63. The van der Waals surface area contributed by atoms with Crippen LogP contribution in [0.1, 0.15) is 20.7 Å². The molecule has 0 saturated carbocycles. The molecule has 8 nitrogen and oxygen atoms in total. The second kappa shape index (κ2) is 4.58. The summed E-state index contributed by atoms with van der Waals surface area (Å²) in [6, 6.07) is 1.12. The Morgan fingerprint density at radius 1 is 1.39 bits per heavy atom. The smallest absolute Gasteiger partial charge is 0.426 e. The van der Waals surface area contributed by atoms with E-state index >= 15 is 0 Å². The average molecular weight is 354 g/mol. The number of benzene rings is 1. The van der Waals surface area contributed by atoms with Gasteiger partial charge in [0.2, 0.25) is 6.10 Å². The van der Waals surface area contributed by atoms with E-state index in [0.29, 0.717) is 0 Å². The summed E-state index contributed by atoms with van der Waals surface area (Å²) < 4.78 is 81.8. The van der Waals surface area contributed by atoms with Crippen molar-refractivity contribution >= 4 is 33.2 Å². The SMILES string of the molecule is O=C(OC(CS(=O)(=O)O)C(F)(F)F)c1c2c3oc1cc3OC2=O. The van der Waals surface area contributed by atoms with E-state index < -0.39 is 45.7 Å². The van der Waals surface area contributed by atoms with Gasteiger partial charge < -0.3 is 13.9 Å². The lowest BCUT2D eigenvalue weighted by Crippen LogP contribution is -2.39. The van der Waals surface area contributed by atoms with Gasteiger partial charge in [0.05, 0.1) is 0 Å². The minimum atomic E-state index is -5.25. The summed E-state index contributed by atoms with van der Waals surface area (Å²) in [5.41, 5.74) is -1.30. The number of esters is 2. The highest BCUT2D eigenvalue weighted by molar-refractivity contribution is 7.85. The number of hydrogen-bond acceptors (Lipinski definition) is 7. The van der Waals surface area contributed by atoms with Crippen molar-refractivity contribution < 1.29 is 49.6 Å². The van der Waals surface area contributed by atoms with E-state index in [2.05, 4.69) is 9.47 Å². The van der Waals surface area contributed by atoms with Gasteiger partial charge in [0.1, 0.15) is 22.5 Å². The second-order valence-corrected chi connectivity index (χ2v) is 6.12. The molecular weight excluding hydrogens is 349 g/mol. The van der Waals surface area contributed by atoms with Crippen molar-refractivity contribution in [3.8, 4) is 5.75 Å². The number of furan rings is 2. The maximum atomic E-state index is 12.7. The summed E-state index contributed by atoms with van der Waals surface area (Å²) >= 11 is 0. The van der Waals surface area contributed by atoms with Crippen LogP contribution in [0.3, 0.4) is 0 Å². The molecule has 2 bridgehead atoms. The zero-order chi connectivity index (χ0) is 17.2. The quantitative estimate of drug-likeness (QED) is 0.646. The Labute approximate surface area is 124 Å². The van der Waals surface area contributed by atoms with E-state index in [0.717, 1.165) is 6.07 Å². The molecule has 0 spiro atoms. The summed E-state index contributed by atoms with van der Waals surface area (Å²) in [4.78, 5) is 23.4. The lowest BCUT2D eigenvalue weighted by molar-refractivity contribution is -0.197. The molecule has 0 fully saturated rings. The Morgan fingerprint density at radius 2 is 2.04 bits per heavy atom. The fourth-order valence-corrected chi connectivity index (χ4v) is 2.75. The monoisotopic (exact) mass is 354 g/mol. The molecule has 1 atom stereocenters. The molecule has 12 heteroatoms. The third-order valence-electron chi connectivity index (χ3n) is 3.01. The highest BCUT2D eigenvalue weighted by Crippen LogP contribution is 2.43. The van der Waals surface area contributed by atoms with Crippen LogP contribution in [0, 0.1) is 0 Å². The number of fused-ring (bicyclic) bond motifs is 1. The fraction of sp³-hybridized carbons (Fsp3) is 0.273. The molecule has 0 amide bonds. The van der Waals surface area contributed by atoms with Gasteiger partial charge in [0, 0.05) is 6.07 Å². The van der Waals surface area contributed by atoms with Crippen molar-refractivity contribution in [1.29, 1.82) is 0 Å². The van der Waals surface area contributed by atoms with Gasteiger partial charge in [0.25, 0.3) is 10.1 Å². The molecule has 1 aliphatic heterocycles. The van der Waals surface area contributed by atoms with Crippen molar-refractivity contribution in [2.45, 2.75) is 12.3 Å². The summed E-state index contributed by atoms with van der Waals surface area (Å²) in [7, 11) is -5.07. The first-order valence-corrected chi connectivity index (χ1v) is 7.42. The molecule has 1 aliphatic rings. The third kappa shape index (κ3) is 2.59. The number of carbonyl (C=O) groups is 2. The molecule has 0 aromatic carbocycles. The first-order chi connectivity index (χ1) is 10.5. The predicted octanol–water partition coefficient (Wildman–Crippen LogP) is 1.38. The first kappa shape index (κ1) is 15.6. The van der Waals surface area contributed by atoms with Gasteiger partial charge in [-0.2, -0.15) is 21.6 Å². The van der Waals surface area contributed by atoms with E-state index in [1.807, 2.05) is 0 Å². The van der Waals surface area contributed by atoms with Crippen LogP contribution in [0.4, 0.5) is 13.2 Å². The number of halogens is 3. The molecule has 1 unspecified atom stereocenters. The zero-order valence-electron chi connectivity index (χ0n) is 10.7. The number of ether oxygens (including phenoxy) is 2. The van der Waals surface area contributed by atoms with Crippen LogP contribution in [0.15, 0.2) is 10.5 Å². The molecule has 2 aromatic rings. The Morgan fingerprint density at radius 3 is 2.61 bits per heavy atom. The minimum Gasteiger partial charge on any atom is -0.451 e. The molecule has 0 aliphatic carbocycles. The Hall–Kier alpha value is -2.34. The summed E-state index contributed by atoms with van der Waals surface area (Å²) in [5, 5.41) is 0. The van der Waals surface area contributed by atoms with E-state index in [1.165, 1.54) is 0 Å². The largest absolute Gasteiger partial charge is 0.451 e. The van der Waals surface area contributed by atoms with Crippen molar-refractivity contribution in [1.82, 2.24) is 0 Å². The van der Waals surface area contributed by atoms with Crippen molar-refractivity contribution in [3.63, 3.8) is 0 Å². The Kier molecular flexibility index (Phi) is 3.10. The van der Waals surface area contributed by atoms with Gasteiger partial charge >= 0.3 is 18.1 Å². The topological polar surface area (TPSA) is 120 Å². The number of carbonyl (C=O) groups excluding carboxylic acids is 2. The van der Waals surface area contributed by atoms with Crippen LogP contribution in [0.25, 0.3) is 11.2 Å². The lowest BCUT2D eigenvalue weighted by Gasteiger charge is -2.19. The molecule has 1 N–H and O–H groups in total. The maximum absolute atomic E-state index is 12.7. The average Bonchev–Trinajstić information content (AvgIpc) is 2.95. The molecule has 124 valence electrons. The van der Waals surface area contributed by atoms with Gasteiger partial charge in [-0.3, -0.25) is 4.55 Å². The molecular formula is C11H5F3O8S. The van der Waals surface area contributed by atoms with Crippen molar-refractivity contribution in [2.24, 2.45) is 0 Å². The van der Waals surface area contributed by atoms with E-state index in [9.17, 15) is 31.2 Å². The normalized spacial score (nSPS) is 15.9. The predicted molar refractivity (Wildman–Crippen MR) is 64.0 cm³/mol. The van der Waals surface area contributed by atoms with Gasteiger partial charge in [-0.25, -0.2) is 9.59 Å². The van der Waals surface area contributed by atoms with Crippen LogP contribution in [0.2, 0.25) is 0 Å². The molecule has 2 aromatic heterocycles. The number of hydrogen-bond donors (Lipinski definition) is 1. The van der Waals surface area contributed by atoms with E-state index in [-0.39, 0.29) is 22.5 Å². The van der Waals surface area contributed by atoms with E-state index in [4.69, 9.17) is 8.97 Å². The molecule has 23 heavy (non-hydrogen) atoms. The molecule has 0 radical (unpaired) electrons. The van der Waals surface area contributed by atoms with Crippen LogP contribution >= 0.6 is 0 Å². The van der Waals surface area contributed by atoms with Crippen molar-refractivity contribution in [2.75, 3.05) is 5.75 Å². The summed E-state index contributed by atoms with van der Waals surface area (Å²) in [5.74, 6) is -4.46. The Bertz CT molecular complexity index is 910. The van der Waals surface area contributed by atoms with Crippen LogP contribution in [0.5, 0.6) is 5.75 Å². The van der Waals surface area contributed by atoms with Gasteiger partial charge in [0.15, 0.2) is 11.3 Å². The van der Waals surface area contributed by atoms with Gasteiger partial charge in [-0.1, -0.05) is 0 Å². The van der Waals surface area contributed by atoms with Crippen molar-refractivity contribution in [3.05, 3.63) is 17.2 Å². The molecule has 3 rings (SSSR count). The zero-order valence-corrected chi connectivity index (χ0v) is 11.5. The summed E-state index contributed by atoms with van der Waals surface area (Å²) in [6.45, 7) is 0. The highest BCUT2D eigenvalue weighted by atomic mass is 32.2. The van der Waals surface area contributed by atoms with E-state index in [1.54, 1.807) is 0 Å². The highest BCUT2D eigenvalue weighted by Gasteiger charge is 2.47. The number of rotatable bonds is 4. The maximum Gasteiger partial charge on any atom is 0.426 e. The van der Waals surface area contributed by atoms with Crippen LogP contribution < -0.4 is 4.74 Å². The van der Waals surface area contributed by atoms with Crippen LogP contribution in [-0.2, 0) is 14.9 Å². The third-order valence-corrected chi connectivity index (χ3v) is 3.73. The standard InChI is InChI=1S/C11H5F3O8S/c12-11(13,14)5(2-23(17,18)19)22-9(15)6-3-1-4-8(20-3)7(6)10(16)21-4/h1,5H,2H2,(H,17,18,19). The lowest BCUT2D eigenvalue weighted by atomic mass is 10.1. The first-order valence-electron chi connectivity index (χ1n) is 5.81. The fourth-order valence-electron chi connectivity index (χ4n) is 2.11. The number of alkyl halides is 3. The van der Waals surface area contributed by atoms with Gasteiger partial charge in [-0.05, 0) is 0 Å². The summed E-state index contributed by atoms with van der Waals surface area (Å²) in [6.07, 6.45) is -8.35. The van der Waals surface area contributed by atoms with Gasteiger partial charge in [-0.15, -0.1) is 0 Å².